The summed E-state index contributed by atoms with van der Waals surface area (Å²) in [5.74, 6) is -0.211. The maximum atomic E-state index is 11.3. The zero-order chi connectivity index (χ0) is 13.8. The maximum absolute atomic E-state index is 11.3. The van der Waals surface area contributed by atoms with Gasteiger partial charge in [-0.25, -0.2) is 13.2 Å². The van der Waals surface area contributed by atoms with E-state index in [4.69, 9.17) is 4.42 Å². The fraction of sp³-hybridized carbons (Fsp3) is 0.545. The summed E-state index contributed by atoms with van der Waals surface area (Å²) in [4.78, 5) is 11.2. The van der Waals surface area contributed by atoms with Crippen LogP contribution in [-0.2, 0) is 14.6 Å². The molecule has 0 fully saturated rings. The molecule has 1 N–H and O–H groups in total. The van der Waals surface area contributed by atoms with Gasteiger partial charge >= 0.3 is 5.97 Å². The minimum absolute atomic E-state index is 0.0592. The molecule has 0 aliphatic carbocycles. The highest BCUT2D eigenvalue weighted by Crippen LogP contribution is 2.18. The SMILES string of the molecule is CCNC(CS(C)(=O)=O)c1ccc(C(=O)OC)o1. The molecule has 1 atom stereocenters. The molecule has 0 aliphatic heterocycles. The third kappa shape index (κ3) is 4.15. The van der Waals surface area contributed by atoms with Crippen molar-refractivity contribution in [3.8, 4) is 0 Å². The van der Waals surface area contributed by atoms with Gasteiger partial charge in [-0.2, -0.15) is 0 Å². The number of sulfone groups is 1. The van der Waals surface area contributed by atoms with Crippen molar-refractivity contribution in [2.45, 2.75) is 13.0 Å². The van der Waals surface area contributed by atoms with E-state index >= 15 is 0 Å². The second kappa shape index (κ2) is 6.01. The highest BCUT2D eigenvalue weighted by molar-refractivity contribution is 7.90. The largest absolute Gasteiger partial charge is 0.463 e. The van der Waals surface area contributed by atoms with Crippen LogP contribution in [0.4, 0.5) is 0 Å². The van der Waals surface area contributed by atoms with E-state index in [2.05, 4.69) is 10.1 Å². The molecular formula is C11H17NO5S. The number of rotatable bonds is 6. The lowest BCUT2D eigenvalue weighted by Gasteiger charge is -2.13. The van der Waals surface area contributed by atoms with Gasteiger partial charge in [-0.05, 0) is 18.7 Å². The first-order valence-electron chi connectivity index (χ1n) is 5.46. The van der Waals surface area contributed by atoms with Crippen LogP contribution in [0.2, 0.25) is 0 Å². The third-order valence-corrected chi connectivity index (χ3v) is 3.22. The number of nitrogens with one attached hydrogen (secondary N) is 1. The molecule has 7 heteroatoms. The molecule has 1 aromatic heterocycles. The Balaban J connectivity index is 2.92. The predicted octanol–water partition coefficient (Wildman–Crippen LogP) is 0.761. The molecule has 0 aliphatic rings. The van der Waals surface area contributed by atoms with Crippen molar-refractivity contribution in [1.29, 1.82) is 0 Å². The molecule has 0 saturated heterocycles. The van der Waals surface area contributed by atoms with Crippen LogP contribution in [0.15, 0.2) is 16.5 Å². The van der Waals surface area contributed by atoms with Crippen LogP contribution in [0.3, 0.4) is 0 Å². The molecule has 0 radical (unpaired) electrons. The standard InChI is InChI=1S/C11H17NO5S/c1-4-12-8(7-18(3,14)15)9-5-6-10(17-9)11(13)16-2/h5-6,8,12H,4,7H2,1-3H3. The first kappa shape index (κ1) is 14.7. The summed E-state index contributed by atoms with van der Waals surface area (Å²) in [5.41, 5.74) is 0. The van der Waals surface area contributed by atoms with E-state index in [0.29, 0.717) is 12.3 Å². The Hall–Kier alpha value is -1.34. The van der Waals surface area contributed by atoms with Crippen molar-refractivity contribution >= 4 is 15.8 Å². The molecule has 6 nitrogen and oxygen atoms in total. The third-order valence-electron chi connectivity index (χ3n) is 2.28. The number of carbonyl (C=O) groups excluding carboxylic acids is 1. The van der Waals surface area contributed by atoms with Gasteiger partial charge in [-0.1, -0.05) is 6.92 Å². The first-order valence-corrected chi connectivity index (χ1v) is 7.52. The number of esters is 1. The molecule has 1 rings (SSSR count). The molecule has 1 unspecified atom stereocenters. The Labute approximate surface area is 106 Å². The summed E-state index contributed by atoms with van der Waals surface area (Å²) in [6, 6.07) is 2.57. The van der Waals surface area contributed by atoms with Gasteiger partial charge in [-0.15, -0.1) is 0 Å². The second-order valence-corrected chi connectivity index (χ2v) is 6.08. The van der Waals surface area contributed by atoms with Crippen LogP contribution in [-0.4, -0.2) is 40.1 Å². The number of hydrogen-bond acceptors (Lipinski definition) is 6. The molecule has 102 valence electrons. The molecule has 1 aromatic rings. The Kier molecular flexibility index (Phi) is 4.92. The van der Waals surface area contributed by atoms with Crippen molar-refractivity contribution in [1.82, 2.24) is 5.32 Å². The number of hydrogen-bond donors (Lipinski definition) is 1. The van der Waals surface area contributed by atoms with Crippen molar-refractivity contribution in [2.24, 2.45) is 0 Å². The van der Waals surface area contributed by atoms with Gasteiger partial charge in [0.05, 0.1) is 18.9 Å². The van der Waals surface area contributed by atoms with Crippen molar-refractivity contribution in [3.63, 3.8) is 0 Å². The smallest absolute Gasteiger partial charge is 0.373 e. The highest BCUT2D eigenvalue weighted by atomic mass is 32.2. The van der Waals surface area contributed by atoms with E-state index in [1.807, 2.05) is 6.92 Å². The summed E-state index contributed by atoms with van der Waals surface area (Å²) < 4.78 is 32.4. The first-order chi connectivity index (χ1) is 8.37. The quantitative estimate of drug-likeness (QED) is 0.771. The van der Waals surface area contributed by atoms with Crippen molar-refractivity contribution in [2.75, 3.05) is 25.7 Å². The molecule has 1 heterocycles. The van der Waals surface area contributed by atoms with Crippen LogP contribution in [0.5, 0.6) is 0 Å². The van der Waals surface area contributed by atoms with Crippen molar-refractivity contribution in [3.05, 3.63) is 23.7 Å². The van der Waals surface area contributed by atoms with E-state index in [9.17, 15) is 13.2 Å². The Morgan fingerprint density at radius 1 is 1.50 bits per heavy atom. The summed E-state index contributed by atoms with van der Waals surface area (Å²) in [6.07, 6.45) is 1.15. The van der Waals surface area contributed by atoms with Crippen LogP contribution < -0.4 is 5.32 Å². The van der Waals surface area contributed by atoms with Crippen LogP contribution >= 0.6 is 0 Å². The van der Waals surface area contributed by atoms with E-state index in [1.165, 1.54) is 13.2 Å². The van der Waals surface area contributed by atoms with Gasteiger partial charge in [-0.3, -0.25) is 0 Å². The molecule has 0 amide bonds. The monoisotopic (exact) mass is 275 g/mol. The van der Waals surface area contributed by atoms with Crippen LogP contribution in [0.25, 0.3) is 0 Å². The lowest BCUT2D eigenvalue weighted by atomic mass is 10.2. The van der Waals surface area contributed by atoms with E-state index < -0.39 is 21.8 Å². The fourth-order valence-corrected chi connectivity index (χ4v) is 2.43. The summed E-state index contributed by atoms with van der Waals surface area (Å²) >= 11 is 0. The highest BCUT2D eigenvalue weighted by Gasteiger charge is 2.21. The normalized spacial score (nSPS) is 13.3. The van der Waals surface area contributed by atoms with Gasteiger partial charge in [0, 0.05) is 6.26 Å². The zero-order valence-corrected chi connectivity index (χ0v) is 11.4. The lowest BCUT2D eigenvalue weighted by molar-refractivity contribution is 0.0562. The Morgan fingerprint density at radius 2 is 2.17 bits per heavy atom. The van der Waals surface area contributed by atoms with Gasteiger partial charge in [0.2, 0.25) is 5.76 Å². The summed E-state index contributed by atoms with van der Waals surface area (Å²) in [6.45, 7) is 2.45. The molecule has 0 aromatic carbocycles. The van der Waals surface area contributed by atoms with E-state index in [-0.39, 0.29) is 11.5 Å². The molecule has 0 bridgehead atoms. The summed E-state index contributed by atoms with van der Waals surface area (Å²) in [7, 11) is -1.90. The molecule has 18 heavy (non-hydrogen) atoms. The Morgan fingerprint density at radius 3 is 2.67 bits per heavy atom. The Bertz CT molecular complexity index is 505. The summed E-state index contributed by atoms with van der Waals surface area (Å²) in [5, 5.41) is 3.00. The second-order valence-electron chi connectivity index (χ2n) is 3.90. The van der Waals surface area contributed by atoms with Crippen LogP contribution in [0, 0.1) is 0 Å². The molecule has 0 spiro atoms. The number of furan rings is 1. The van der Waals surface area contributed by atoms with E-state index in [0.717, 1.165) is 6.26 Å². The van der Waals surface area contributed by atoms with Crippen molar-refractivity contribution < 1.29 is 22.4 Å². The van der Waals surface area contributed by atoms with Gasteiger partial charge in [0.25, 0.3) is 0 Å². The maximum Gasteiger partial charge on any atom is 0.373 e. The fourth-order valence-electron chi connectivity index (χ4n) is 1.54. The van der Waals surface area contributed by atoms with Gasteiger partial charge in [0.1, 0.15) is 15.6 Å². The van der Waals surface area contributed by atoms with Crippen LogP contribution in [0.1, 0.15) is 29.3 Å². The molecular weight excluding hydrogens is 258 g/mol. The number of carbonyl (C=O) groups is 1. The van der Waals surface area contributed by atoms with Gasteiger partial charge < -0.3 is 14.5 Å². The predicted molar refractivity (Wildman–Crippen MR) is 66.2 cm³/mol. The molecule has 0 saturated carbocycles. The topological polar surface area (TPSA) is 85.6 Å². The minimum Gasteiger partial charge on any atom is -0.463 e. The average Bonchev–Trinajstić information content (AvgIpc) is 2.75. The average molecular weight is 275 g/mol. The number of ether oxygens (including phenoxy) is 1. The van der Waals surface area contributed by atoms with Gasteiger partial charge in [0.15, 0.2) is 0 Å². The zero-order valence-electron chi connectivity index (χ0n) is 10.6. The lowest BCUT2D eigenvalue weighted by Crippen LogP contribution is -2.27. The van der Waals surface area contributed by atoms with E-state index in [1.54, 1.807) is 6.07 Å². The minimum atomic E-state index is -3.15. The number of methoxy groups -OCH3 is 1.